The highest BCUT2D eigenvalue weighted by Gasteiger charge is 1.99. The van der Waals surface area contributed by atoms with Crippen LogP contribution in [-0.2, 0) is 9.32 Å². The van der Waals surface area contributed by atoms with E-state index in [0.29, 0.717) is 0 Å². The molecule has 0 rings (SSSR count). The van der Waals surface area contributed by atoms with Crippen LogP contribution in [-0.4, -0.2) is 30.7 Å². The molecule has 0 aromatic rings. The third-order valence-electron chi connectivity index (χ3n) is 0.882. The molecule has 0 saturated heterocycles. The fourth-order valence-electron chi connectivity index (χ4n) is 0.392. The van der Waals surface area contributed by atoms with Crippen LogP contribution in [0.25, 0.3) is 0 Å². The summed E-state index contributed by atoms with van der Waals surface area (Å²) in [6, 6.07) is 0. The Labute approximate surface area is 65.5 Å². The molecule has 0 aromatic heterocycles. The van der Waals surface area contributed by atoms with Gasteiger partial charge in [-0.1, -0.05) is 0 Å². The monoisotopic (exact) mass is 179 g/mol. The zero-order valence-corrected chi connectivity index (χ0v) is 7.01. The third kappa shape index (κ3) is 5.94. The molecule has 11 heavy (non-hydrogen) atoms. The van der Waals surface area contributed by atoms with Crippen LogP contribution in [0.1, 0.15) is 6.42 Å². The van der Waals surface area contributed by atoms with Gasteiger partial charge in [-0.3, -0.25) is 4.79 Å². The minimum Gasteiger partial charge on any atom is -0.603 e. The average Bonchev–Trinajstić information content (AvgIpc) is 2.01. The zero-order chi connectivity index (χ0) is 8.69. The van der Waals surface area contributed by atoms with Gasteiger partial charge in [0.1, 0.15) is 12.5 Å². The number of hydrogen-bond acceptors (Lipinski definition) is 4. The molecule has 0 aliphatic carbocycles. The van der Waals surface area contributed by atoms with Gasteiger partial charge in [-0.05, 0) is 0 Å². The van der Waals surface area contributed by atoms with Crippen molar-refractivity contribution in [2.75, 3.05) is 13.8 Å². The van der Waals surface area contributed by atoms with Gasteiger partial charge in [0.25, 0.3) is 0 Å². The van der Waals surface area contributed by atoms with Gasteiger partial charge in [-0.15, -0.1) is 0 Å². The highest BCUT2D eigenvalue weighted by atomic mass is 31.1. The Morgan fingerprint density at radius 1 is 1.91 bits per heavy atom. The molecule has 64 valence electrons. The van der Waals surface area contributed by atoms with E-state index in [1.807, 2.05) is 0 Å². The van der Waals surface area contributed by atoms with Crippen molar-refractivity contribution >= 4 is 19.7 Å². The number of aliphatic hydroxyl groups is 1. The fraction of sp³-hybridized carbons (Fsp3) is 0.600. The van der Waals surface area contributed by atoms with E-state index in [9.17, 15) is 9.69 Å². The molecule has 0 aromatic carbocycles. The third-order valence-corrected chi connectivity index (χ3v) is 1.72. The van der Waals surface area contributed by atoms with E-state index in [1.54, 1.807) is 0 Å². The van der Waals surface area contributed by atoms with E-state index in [2.05, 4.69) is 9.84 Å². The normalized spacial score (nSPS) is 11.4. The molecule has 0 radical (unpaired) electrons. The number of aliphatic hydroxyl groups excluding tert-OH is 1. The maximum atomic E-state index is 10.6. The summed E-state index contributed by atoms with van der Waals surface area (Å²) >= 11 is 0. The minimum atomic E-state index is -1.84. The molecule has 5 nitrogen and oxygen atoms in total. The molecule has 2 N–H and O–H groups in total. The van der Waals surface area contributed by atoms with Crippen molar-refractivity contribution in [3.63, 3.8) is 0 Å². The lowest BCUT2D eigenvalue weighted by Crippen LogP contribution is -2.24. The Kier molecular flexibility index (Phi) is 5.97. The lowest BCUT2D eigenvalue weighted by Gasteiger charge is -1.95. The smallest absolute Gasteiger partial charge is 0.229 e. The first-order valence-electron chi connectivity index (χ1n) is 2.92. The van der Waals surface area contributed by atoms with Gasteiger partial charge in [0.2, 0.25) is 13.9 Å². The molecule has 1 unspecified atom stereocenters. The number of rotatable bonds is 4. The van der Waals surface area contributed by atoms with Crippen molar-refractivity contribution in [3.05, 3.63) is 0 Å². The fourth-order valence-corrected chi connectivity index (χ4v) is 0.856. The predicted molar refractivity (Wildman–Crippen MR) is 39.8 cm³/mol. The first-order chi connectivity index (χ1) is 5.20. The highest BCUT2D eigenvalue weighted by molar-refractivity contribution is 7.44. The molecule has 0 spiro atoms. The second-order valence-corrected chi connectivity index (χ2v) is 2.91. The summed E-state index contributed by atoms with van der Waals surface area (Å²) in [5.41, 5.74) is 0. The quantitative estimate of drug-likeness (QED) is 0.409. The largest absolute Gasteiger partial charge is 0.603 e. The first kappa shape index (κ1) is 10.5. The molecule has 6 heteroatoms. The van der Waals surface area contributed by atoms with Crippen molar-refractivity contribution in [3.8, 4) is 0 Å². The van der Waals surface area contributed by atoms with E-state index < -0.39 is 14.7 Å². The molecule has 1 amide bonds. The van der Waals surface area contributed by atoms with Gasteiger partial charge in [0, 0.05) is 0 Å². The van der Waals surface area contributed by atoms with Crippen LogP contribution in [0.4, 0.5) is 0 Å². The number of carbonyl (C=O) groups excluding carboxylic acids is 1. The maximum absolute atomic E-state index is 10.6. The zero-order valence-electron chi connectivity index (χ0n) is 6.11. The lowest BCUT2D eigenvalue weighted by atomic mass is 10.5. The van der Waals surface area contributed by atoms with Crippen molar-refractivity contribution in [2.45, 2.75) is 6.42 Å². The van der Waals surface area contributed by atoms with Gasteiger partial charge < -0.3 is 15.3 Å². The van der Waals surface area contributed by atoms with Crippen LogP contribution in [0.2, 0.25) is 0 Å². The number of nitrogens with one attached hydrogen (secondary N) is 1. The molecule has 0 fully saturated rings. The van der Waals surface area contributed by atoms with Crippen molar-refractivity contribution in [1.82, 2.24) is 5.32 Å². The van der Waals surface area contributed by atoms with Crippen LogP contribution < -0.4 is 10.2 Å². The summed E-state index contributed by atoms with van der Waals surface area (Å²) in [5.74, 6) is 0.855. The summed E-state index contributed by atoms with van der Waals surface area (Å²) in [6.45, 7) is -0.406. The summed E-state index contributed by atoms with van der Waals surface area (Å²) < 4.78 is 4.39. The van der Waals surface area contributed by atoms with Gasteiger partial charge in [-0.25, -0.2) is 0 Å². The average molecular weight is 179 g/mol. The molecule has 0 aliphatic rings. The summed E-state index contributed by atoms with van der Waals surface area (Å²) in [7, 11) is -0.548. The predicted octanol–water partition coefficient (Wildman–Crippen LogP) is -1.44. The second-order valence-electron chi connectivity index (χ2n) is 1.61. The molecule has 0 aliphatic heterocycles. The van der Waals surface area contributed by atoms with Gasteiger partial charge in [0.05, 0.1) is 13.5 Å². The summed E-state index contributed by atoms with van der Waals surface area (Å²) in [5, 5.41) is 10.3. The van der Waals surface area contributed by atoms with Crippen LogP contribution in [0.15, 0.2) is 0 Å². The van der Waals surface area contributed by atoms with E-state index in [4.69, 9.17) is 5.11 Å². The number of amides is 1. The van der Waals surface area contributed by atoms with Crippen molar-refractivity contribution in [1.29, 1.82) is 0 Å². The lowest BCUT2D eigenvalue weighted by molar-refractivity contribution is -0.170. The van der Waals surface area contributed by atoms with E-state index in [0.717, 1.165) is 0 Å². The SMILES string of the molecule is CO[P+]([O-])=CCC(=O)NCO. The van der Waals surface area contributed by atoms with Crippen LogP contribution in [0, 0.1) is 0 Å². The number of hydrogen-bond donors (Lipinski definition) is 2. The maximum Gasteiger partial charge on any atom is 0.229 e. The Morgan fingerprint density at radius 3 is 3.00 bits per heavy atom. The van der Waals surface area contributed by atoms with E-state index in [1.165, 1.54) is 12.9 Å². The Hall–Kier alpha value is -0.480. The van der Waals surface area contributed by atoms with Crippen molar-refractivity contribution in [2.24, 2.45) is 0 Å². The second kappa shape index (κ2) is 6.24. The Morgan fingerprint density at radius 2 is 2.55 bits per heavy atom. The Bertz CT molecular complexity index is 159. The minimum absolute atomic E-state index is 0.0103. The molecule has 0 heterocycles. The highest BCUT2D eigenvalue weighted by Crippen LogP contribution is 2.07. The molecular weight excluding hydrogens is 169 g/mol. The van der Waals surface area contributed by atoms with Crippen LogP contribution >= 0.6 is 8.00 Å². The van der Waals surface area contributed by atoms with E-state index >= 15 is 0 Å². The standard InChI is InChI=1S/C5H10NO4P/c1-10-11(9)3-2-5(8)6-4-7/h3,7H,2,4H2,1H3,(H,6,8). The van der Waals surface area contributed by atoms with Gasteiger partial charge in [0.15, 0.2) is 0 Å². The summed E-state index contributed by atoms with van der Waals surface area (Å²) in [6.07, 6.45) is -0.0103. The van der Waals surface area contributed by atoms with Gasteiger partial charge in [-0.2, -0.15) is 4.52 Å². The topological polar surface area (TPSA) is 81.6 Å². The molecule has 1 atom stereocenters. The van der Waals surface area contributed by atoms with Crippen molar-refractivity contribution < 1.29 is 19.3 Å². The van der Waals surface area contributed by atoms with Crippen LogP contribution in [0.5, 0.6) is 0 Å². The van der Waals surface area contributed by atoms with Gasteiger partial charge >= 0.3 is 0 Å². The van der Waals surface area contributed by atoms with Crippen LogP contribution in [0.3, 0.4) is 0 Å². The molecule has 0 bridgehead atoms. The number of carbonyl (C=O) groups is 1. The first-order valence-corrected chi connectivity index (χ1v) is 4.16. The summed E-state index contributed by atoms with van der Waals surface area (Å²) in [4.78, 5) is 21.1. The van der Waals surface area contributed by atoms with E-state index in [-0.39, 0.29) is 12.3 Å². The Balaban J connectivity index is 3.60. The molecular formula is C5H10NO4P. The molecule has 0 saturated carbocycles.